The number of halogens is 1. The molecule has 1 amide bonds. The highest BCUT2D eigenvalue weighted by atomic mass is 35.5. The zero-order valence-electron chi connectivity index (χ0n) is 24.6. The average molecular weight is 601 g/mol. The summed E-state index contributed by atoms with van der Waals surface area (Å²) in [6.45, 7) is 7.35. The second-order valence-electron chi connectivity index (χ2n) is 10.1. The smallest absolute Gasteiger partial charge is 0.339 e. The number of carbonyl (C=O) groups is 2. The minimum absolute atomic E-state index is 0. The van der Waals surface area contributed by atoms with Gasteiger partial charge in [-0.1, -0.05) is 56.3 Å². The standard InChI is InChI=1S/C34H36N4O4.ClH/c1-4-41-32(35)25-12-15-27(16-13-25)37-21-31-29(11-8-18-36-31)28-17-14-26(33(39)38-20-23(2)3)19-30(28)34(40)42-22-24-9-6-5-7-10-24;/h5-19,23,35,37H,4,20-22H2,1-3H3,(H,38,39);1H. The number of aromatic nitrogens is 1. The molecule has 0 spiro atoms. The van der Waals surface area contributed by atoms with Crippen LogP contribution in [0.1, 0.15) is 58.3 Å². The molecule has 0 saturated heterocycles. The van der Waals surface area contributed by atoms with Crippen molar-refractivity contribution in [3.8, 4) is 11.1 Å². The van der Waals surface area contributed by atoms with Crippen molar-refractivity contribution in [2.24, 2.45) is 5.92 Å². The predicted octanol–water partition coefficient (Wildman–Crippen LogP) is 6.89. The summed E-state index contributed by atoms with van der Waals surface area (Å²) in [5.74, 6) is -0.352. The van der Waals surface area contributed by atoms with Crippen molar-refractivity contribution < 1.29 is 19.1 Å². The van der Waals surface area contributed by atoms with Crippen LogP contribution in [0.3, 0.4) is 0 Å². The van der Waals surface area contributed by atoms with Crippen molar-refractivity contribution in [3.05, 3.63) is 119 Å². The Balaban J connectivity index is 0.00000506. The molecular weight excluding hydrogens is 564 g/mol. The van der Waals surface area contributed by atoms with Gasteiger partial charge in [-0.15, -0.1) is 12.4 Å². The van der Waals surface area contributed by atoms with Crippen molar-refractivity contribution in [2.75, 3.05) is 18.5 Å². The van der Waals surface area contributed by atoms with E-state index < -0.39 is 5.97 Å². The molecule has 0 fully saturated rings. The van der Waals surface area contributed by atoms with Gasteiger partial charge in [0.25, 0.3) is 5.91 Å². The zero-order valence-corrected chi connectivity index (χ0v) is 25.4. The second kappa shape index (κ2) is 16.1. The molecule has 9 heteroatoms. The quantitative estimate of drug-likeness (QED) is 0.0927. The van der Waals surface area contributed by atoms with Gasteiger partial charge in [0.1, 0.15) is 6.61 Å². The van der Waals surface area contributed by atoms with E-state index in [4.69, 9.17) is 14.9 Å². The molecule has 1 aromatic heterocycles. The van der Waals surface area contributed by atoms with Crippen LogP contribution >= 0.6 is 12.4 Å². The molecule has 0 aliphatic carbocycles. The Labute approximate surface area is 258 Å². The van der Waals surface area contributed by atoms with E-state index in [-0.39, 0.29) is 36.4 Å². The Bertz CT molecular complexity index is 1530. The van der Waals surface area contributed by atoms with Gasteiger partial charge in [0.05, 0.1) is 24.4 Å². The number of hydrogen-bond acceptors (Lipinski definition) is 7. The molecule has 43 heavy (non-hydrogen) atoms. The van der Waals surface area contributed by atoms with Gasteiger partial charge in [-0.2, -0.15) is 0 Å². The fourth-order valence-electron chi connectivity index (χ4n) is 4.27. The third-order valence-electron chi connectivity index (χ3n) is 6.46. The number of esters is 1. The Hall–Kier alpha value is -4.69. The topological polar surface area (TPSA) is 113 Å². The largest absolute Gasteiger partial charge is 0.478 e. The van der Waals surface area contributed by atoms with E-state index in [1.807, 2.05) is 87.5 Å². The van der Waals surface area contributed by atoms with Crippen molar-refractivity contribution in [2.45, 2.75) is 33.9 Å². The second-order valence-corrected chi connectivity index (χ2v) is 10.1. The Morgan fingerprint density at radius 2 is 1.60 bits per heavy atom. The number of hydrogen-bond donors (Lipinski definition) is 3. The molecular formula is C34H37ClN4O4. The number of pyridine rings is 1. The van der Waals surface area contributed by atoms with Gasteiger partial charge in [0, 0.05) is 35.1 Å². The third kappa shape index (κ3) is 9.15. The van der Waals surface area contributed by atoms with Gasteiger partial charge < -0.3 is 20.1 Å². The van der Waals surface area contributed by atoms with Gasteiger partial charge in [-0.05, 0) is 66.4 Å². The monoisotopic (exact) mass is 600 g/mol. The highest BCUT2D eigenvalue weighted by Gasteiger charge is 2.20. The number of benzene rings is 3. The number of ether oxygens (including phenoxy) is 2. The molecule has 4 aromatic rings. The van der Waals surface area contributed by atoms with Gasteiger partial charge >= 0.3 is 5.97 Å². The van der Waals surface area contributed by atoms with Gasteiger partial charge in [0.15, 0.2) is 0 Å². The highest BCUT2D eigenvalue weighted by Crippen LogP contribution is 2.29. The summed E-state index contributed by atoms with van der Waals surface area (Å²) in [6.07, 6.45) is 1.70. The minimum atomic E-state index is -0.525. The lowest BCUT2D eigenvalue weighted by Crippen LogP contribution is -2.27. The number of nitrogens with one attached hydrogen (secondary N) is 3. The maximum absolute atomic E-state index is 13.5. The molecule has 0 aliphatic heterocycles. The fourth-order valence-corrected chi connectivity index (χ4v) is 4.27. The SMILES string of the molecule is CCOC(=N)c1ccc(NCc2ncccc2-c2ccc(C(=O)NCC(C)C)cc2C(=O)OCc2ccccc2)cc1.Cl. The van der Waals surface area contributed by atoms with Crippen LogP contribution in [-0.4, -0.2) is 35.9 Å². The summed E-state index contributed by atoms with van der Waals surface area (Å²) in [5.41, 5.74) is 5.17. The van der Waals surface area contributed by atoms with E-state index in [0.29, 0.717) is 42.3 Å². The third-order valence-corrected chi connectivity index (χ3v) is 6.46. The first-order valence-electron chi connectivity index (χ1n) is 14.0. The van der Waals surface area contributed by atoms with E-state index >= 15 is 0 Å². The molecule has 0 atom stereocenters. The Morgan fingerprint density at radius 1 is 0.884 bits per heavy atom. The van der Waals surface area contributed by atoms with Crippen LogP contribution in [0, 0.1) is 11.3 Å². The van der Waals surface area contributed by atoms with Gasteiger partial charge in [-0.3, -0.25) is 15.2 Å². The van der Waals surface area contributed by atoms with E-state index in [9.17, 15) is 9.59 Å². The Morgan fingerprint density at radius 3 is 2.30 bits per heavy atom. The maximum Gasteiger partial charge on any atom is 0.339 e. The van der Waals surface area contributed by atoms with Crippen molar-refractivity contribution in [1.82, 2.24) is 10.3 Å². The molecule has 0 unspecified atom stereocenters. The van der Waals surface area contributed by atoms with Crippen molar-refractivity contribution in [3.63, 3.8) is 0 Å². The van der Waals surface area contributed by atoms with Crippen LogP contribution < -0.4 is 10.6 Å². The summed E-state index contributed by atoms with van der Waals surface area (Å²) >= 11 is 0. The summed E-state index contributed by atoms with van der Waals surface area (Å²) in [6, 6.07) is 25.7. The van der Waals surface area contributed by atoms with Crippen LogP contribution in [0.5, 0.6) is 0 Å². The summed E-state index contributed by atoms with van der Waals surface area (Å²) in [7, 11) is 0. The van der Waals surface area contributed by atoms with E-state index in [1.54, 1.807) is 24.4 Å². The lowest BCUT2D eigenvalue weighted by atomic mass is 9.95. The lowest BCUT2D eigenvalue weighted by Gasteiger charge is -2.16. The van der Waals surface area contributed by atoms with Crippen LogP contribution in [0.25, 0.3) is 11.1 Å². The molecule has 0 radical (unpaired) electrons. The molecule has 4 rings (SSSR count). The van der Waals surface area contributed by atoms with E-state index in [2.05, 4.69) is 15.6 Å². The minimum Gasteiger partial charge on any atom is -0.478 e. The molecule has 3 N–H and O–H groups in total. The van der Waals surface area contributed by atoms with E-state index in [0.717, 1.165) is 22.5 Å². The van der Waals surface area contributed by atoms with Crippen LogP contribution in [-0.2, 0) is 22.6 Å². The molecule has 0 saturated carbocycles. The molecule has 0 aliphatic rings. The normalized spacial score (nSPS) is 10.4. The van der Waals surface area contributed by atoms with E-state index in [1.165, 1.54) is 0 Å². The van der Waals surface area contributed by atoms with Crippen LogP contribution in [0.2, 0.25) is 0 Å². The number of amides is 1. The molecule has 224 valence electrons. The lowest BCUT2D eigenvalue weighted by molar-refractivity contribution is 0.0473. The zero-order chi connectivity index (χ0) is 29.9. The van der Waals surface area contributed by atoms with Gasteiger partial charge in [0.2, 0.25) is 5.90 Å². The average Bonchev–Trinajstić information content (AvgIpc) is 3.02. The maximum atomic E-state index is 13.5. The first-order chi connectivity index (χ1) is 20.4. The van der Waals surface area contributed by atoms with Crippen molar-refractivity contribution >= 4 is 35.9 Å². The molecule has 8 nitrogen and oxygen atoms in total. The number of rotatable bonds is 12. The van der Waals surface area contributed by atoms with Crippen LogP contribution in [0.15, 0.2) is 91.1 Å². The van der Waals surface area contributed by atoms with Crippen molar-refractivity contribution in [1.29, 1.82) is 5.41 Å². The number of carbonyl (C=O) groups excluding carboxylic acids is 2. The van der Waals surface area contributed by atoms with Gasteiger partial charge in [-0.25, -0.2) is 4.79 Å². The molecule has 3 aromatic carbocycles. The number of nitrogens with zero attached hydrogens (tertiary/aromatic N) is 1. The predicted molar refractivity (Wildman–Crippen MR) is 172 cm³/mol. The number of anilines is 1. The molecule has 0 bridgehead atoms. The fraction of sp³-hybridized carbons (Fsp3) is 0.235. The first-order valence-corrected chi connectivity index (χ1v) is 14.0. The summed E-state index contributed by atoms with van der Waals surface area (Å²) in [5, 5.41) is 14.2. The molecule has 1 heterocycles. The highest BCUT2D eigenvalue weighted by molar-refractivity contribution is 6.02. The van der Waals surface area contributed by atoms with Crippen LogP contribution in [0.4, 0.5) is 5.69 Å². The first kappa shape index (κ1) is 32.8. The summed E-state index contributed by atoms with van der Waals surface area (Å²) < 4.78 is 11.0. The Kier molecular flexibility index (Phi) is 12.3. The summed E-state index contributed by atoms with van der Waals surface area (Å²) in [4.78, 5) is 30.9.